The average Bonchev–Trinajstić information content (AvgIpc) is 2.79. The quantitative estimate of drug-likeness (QED) is 0.569. The molecule has 0 N–H and O–H groups in total. The third-order valence-corrected chi connectivity index (χ3v) is 4.69. The predicted octanol–water partition coefficient (Wildman–Crippen LogP) is 3.69. The van der Waals surface area contributed by atoms with Gasteiger partial charge in [-0.15, -0.1) is 0 Å². The van der Waals surface area contributed by atoms with Crippen molar-refractivity contribution in [2.45, 2.75) is 64.6 Å². The minimum Gasteiger partial charge on any atom is -0.274 e. The van der Waals surface area contributed by atoms with Gasteiger partial charge in [-0.2, -0.15) is 0 Å². The molecule has 0 saturated carbocycles. The highest BCUT2D eigenvalue weighted by Crippen LogP contribution is 2.31. The Kier molecular flexibility index (Phi) is 6.03. The first-order chi connectivity index (χ1) is 10.9. The molecule has 0 aromatic heterocycles. The van der Waals surface area contributed by atoms with E-state index in [0.717, 1.165) is 31.4 Å². The molecule has 0 aliphatic carbocycles. The van der Waals surface area contributed by atoms with E-state index < -0.39 is 0 Å². The minimum absolute atomic E-state index is 0.0218. The third-order valence-electron chi connectivity index (χ3n) is 4.69. The molecule has 1 fully saturated rings. The molecular weight excluding hydrogens is 285 g/mol. The van der Waals surface area contributed by atoms with Crippen LogP contribution in [0.2, 0.25) is 5.82 Å². The van der Waals surface area contributed by atoms with Gasteiger partial charge in [-0.25, -0.2) is 0 Å². The molecule has 1 saturated heterocycles. The smallest absolute Gasteiger partial charge is 0.237 e. The molecule has 1 aliphatic rings. The summed E-state index contributed by atoms with van der Waals surface area (Å²) in [5.41, 5.74) is 1.99. The molecule has 3 nitrogen and oxygen atoms in total. The highest BCUT2D eigenvalue weighted by molar-refractivity contribution is 6.20. The van der Waals surface area contributed by atoms with Crippen molar-refractivity contribution in [2.24, 2.45) is 5.92 Å². The zero-order valence-electron chi connectivity index (χ0n) is 14.8. The lowest BCUT2D eigenvalue weighted by atomic mass is 9.80. The van der Waals surface area contributed by atoms with Gasteiger partial charge in [0.1, 0.15) is 7.85 Å². The van der Waals surface area contributed by atoms with Crippen LogP contribution < -0.4 is 4.90 Å². The highest BCUT2D eigenvalue weighted by atomic mass is 16.2. The monoisotopic (exact) mass is 313 g/mol. The summed E-state index contributed by atoms with van der Waals surface area (Å²) in [5.74, 6) is 0.949. The van der Waals surface area contributed by atoms with E-state index in [1.54, 1.807) is 0 Å². The van der Waals surface area contributed by atoms with E-state index in [1.165, 1.54) is 10.5 Å². The molecule has 124 valence electrons. The Bertz CT molecular complexity index is 553. The highest BCUT2D eigenvalue weighted by Gasteiger charge is 2.38. The van der Waals surface area contributed by atoms with Crippen molar-refractivity contribution >= 4 is 25.3 Å². The summed E-state index contributed by atoms with van der Waals surface area (Å²) in [7, 11) is 2.23. The van der Waals surface area contributed by atoms with Crippen molar-refractivity contribution < 1.29 is 9.59 Å². The molecule has 1 aliphatic heterocycles. The zero-order chi connectivity index (χ0) is 17.0. The number of rotatable bonds is 7. The van der Waals surface area contributed by atoms with Crippen LogP contribution >= 0.6 is 0 Å². The summed E-state index contributed by atoms with van der Waals surface area (Å²) in [6.45, 7) is 6.56. The Morgan fingerprint density at radius 3 is 2.43 bits per heavy atom. The van der Waals surface area contributed by atoms with E-state index in [1.807, 2.05) is 12.1 Å². The number of imide groups is 1. The fourth-order valence-corrected chi connectivity index (χ4v) is 3.44. The molecule has 4 heteroatoms. The molecule has 1 heterocycles. The van der Waals surface area contributed by atoms with Crippen LogP contribution in [0.3, 0.4) is 0 Å². The van der Waals surface area contributed by atoms with Crippen LogP contribution in [0.15, 0.2) is 24.3 Å². The van der Waals surface area contributed by atoms with E-state index >= 15 is 0 Å². The van der Waals surface area contributed by atoms with Gasteiger partial charge in [0, 0.05) is 12.3 Å². The largest absolute Gasteiger partial charge is 0.274 e. The topological polar surface area (TPSA) is 37.4 Å². The van der Waals surface area contributed by atoms with Gasteiger partial charge in [0.25, 0.3) is 0 Å². The van der Waals surface area contributed by atoms with Crippen LogP contribution in [0.1, 0.15) is 64.4 Å². The summed E-state index contributed by atoms with van der Waals surface area (Å²) in [4.78, 5) is 26.1. The van der Waals surface area contributed by atoms with Crippen LogP contribution in [-0.2, 0) is 9.59 Å². The first-order valence-electron chi connectivity index (χ1n) is 8.90. The Morgan fingerprint density at radius 2 is 1.87 bits per heavy atom. The van der Waals surface area contributed by atoms with Gasteiger partial charge in [-0.1, -0.05) is 58.0 Å². The van der Waals surface area contributed by atoms with Crippen molar-refractivity contribution in [3.63, 3.8) is 0 Å². The lowest BCUT2D eigenvalue weighted by Gasteiger charge is -2.18. The van der Waals surface area contributed by atoms with Crippen molar-refractivity contribution in [1.29, 1.82) is 0 Å². The number of carbonyl (C=O) groups is 2. The first kappa shape index (κ1) is 17.8. The third kappa shape index (κ3) is 4.24. The average molecular weight is 313 g/mol. The van der Waals surface area contributed by atoms with E-state index in [9.17, 15) is 9.59 Å². The molecular formula is C19H28BNO2. The summed E-state index contributed by atoms with van der Waals surface area (Å²) < 4.78 is 0. The summed E-state index contributed by atoms with van der Waals surface area (Å²) in [6, 6.07) is 7.96. The van der Waals surface area contributed by atoms with E-state index in [0.29, 0.717) is 18.2 Å². The molecule has 2 rings (SSSR count). The number of hydrogen-bond acceptors (Lipinski definition) is 2. The SMILES string of the molecule is BC(C)CC(C)c1ccc(N2C(=O)CC(CCCC)C2=O)cc1. The van der Waals surface area contributed by atoms with Gasteiger partial charge in [-0.3, -0.25) is 14.5 Å². The molecule has 0 radical (unpaired) electrons. The van der Waals surface area contributed by atoms with Crippen LogP contribution in [-0.4, -0.2) is 19.7 Å². The first-order valence-corrected chi connectivity index (χ1v) is 8.90. The van der Waals surface area contributed by atoms with Crippen LogP contribution in [0.4, 0.5) is 5.69 Å². The van der Waals surface area contributed by atoms with Gasteiger partial charge >= 0.3 is 0 Å². The van der Waals surface area contributed by atoms with Crippen LogP contribution in [0.5, 0.6) is 0 Å². The van der Waals surface area contributed by atoms with Gasteiger partial charge in [0.15, 0.2) is 0 Å². The summed E-state index contributed by atoms with van der Waals surface area (Å²) in [5, 5.41) is 0. The van der Waals surface area contributed by atoms with Crippen LogP contribution in [0.25, 0.3) is 0 Å². The second-order valence-electron chi connectivity index (χ2n) is 7.23. The van der Waals surface area contributed by atoms with Gasteiger partial charge in [0.2, 0.25) is 11.8 Å². The van der Waals surface area contributed by atoms with Crippen molar-refractivity contribution in [3.05, 3.63) is 29.8 Å². The lowest BCUT2D eigenvalue weighted by Crippen LogP contribution is -2.30. The number of carbonyl (C=O) groups excluding carboxylic acids is 2. The summed E-state index contributed by atoms with van der Waals surface area (Å²) in [6.07, 6.45) is 4.38. The Balaban J connectivity index is 2.10. The van der Waals surface area contributed by atoms with Gasteiger partial charge in [-0.05, 0) is 30.0 Å². The van der Waals surface area contributed by atoms with E-state index in [4.69, 9.17) is 0 Å². The Morgan fingerprint density at radius 1 is 1.22 bits per heavy atom. The molecule has 0 spiro atoms. The van der Waals surface area contributed by atoms with Crippen molar-refractivity contribution in [3.8, 4) is 0 Å². The Hall–Kier alpha value is -1.58. The number of nitrogens with zero attached hydrogens (tertiary/aromatic N) is 1. The fraction of sp³-hybridized carbons (Fsp3) is 0.579. The molecule has 1 aromatic rings. The maximum Gasteiger partial charge on any atom is 0.237 e. The van der Waals surface area contributed by atoms with Crippen molar-refractivity contribution in [1.82, 2.24) is 0 Å². The van der Waals surface area contributed by atoms with Crippen LogP contribution in [0, 0.1) is 5.92 Å². The normalized spacial score (nSPS) is 20.8. The lowest BCUT2D eigenvalue weighted by molar-refractivity contribution is -0.122. The standard InChI is InChI=1S/C19H28BNO2/c1-4-5-6-16-12-18(22)21(19(16)23)17-9-7-15(8-10-17)13(2)11-14(3)20/h7-10,13-14,16H,4-6,11-12,20H2,1-3H3. The maximum atomic E-state index is 12.5. The molecule has 0 bridgehead atoms. The van der Waals surface area contributed by atoms with E-state index in [2.05, 4.69) is 40.8 Å². The minimum atomic E-state index is -0.123. The molecule has 1 aromatic carbocycles. The summed E-state index contributed by atoms with van der Waals surface area (Å²) >= 11 is 0. The number of unbranched alkanes of at least 4 members (excludes halogenated alkanes) is 1. The number of hydrogen-bond donors (Lipinski definition) is 0. The predicted molar refractivity (Wildman–Crippen MR) is 97.6 cm³/mol. The number of amides is 2. The van der Waals surface area contributed by atoms with Gasteiger partial charge in [0.05, 0.1) is 5.69 Å². The molecule has 3 unspecified atom stereocenters. The molecule has 3 atom stereocenters. The number of benzene rings is 1. The molecule has 2 amide bonds. The van der Waals surface area contributed by atoms with E-state index in [-0.39, 0.29) is 17.7 Å². The second-order valence-corrected chi connectivity index (χ2v) is 7.23. The zero-order valence-corrected chi connectivity index (χ0v) is 14.8. The molecule has 23 heavy (non-hydrogen) atoms. The Labute approximate surface area is 140 Å². The number of anilines is 1. The second kappa shape index (κ2) is 7.80. The van der Waals surface area contributed by atoms with Gasteiger partial charge < -0.3 is 0 Å². The van der Waals surface area contributed by atoms with Crippen molar-refractivity contribution in [2.75, 3.05) is 4.90 Å². The maximum absolute atomic E-state index is 12.5. The fourth-order valence-electron chi connectivity index (χ4n) is 3.44.